The second-order valence-electron chi connectivity index (χ2n) is 5.65. The van der Waals surface area contributed by atoms with E-state index in [2.05, 4.69) is 5.32 Å². The van der Waals surface area contributed by atoms with Crippen LogP contribution in [0.2, 0.25) is 0 Å². The van der Waals surface area contributed by atoms with Crippen molar-refractivity contribution in [1.29, 1.82) is 0 Å². The minimum absolute atomic E-state index is 0.105. The number of methoxy groups -OCH3 is 1. The molecule has 1 atom stereocenters. The van der Waals surface area contributed by atoms with Crippen LogP contribution in [-0.2, 0) is 11.3 Å². The van der Waals surface area contributed by atoms with E-state index in [0.29, 0.717) is 24.6 Å². The molecule has 1 aliphatic rings. The number of phenols is 1. The molecule has 2 N–H and O–H groups in total. The van der Waals surface area contributed by atoms with Crippen molar-refractivity contribution in [2.24, 2.45) is 5.92 Å². The maximum Gasteiger partial charge on any atom is 0.222 e. The van der Waals surface area contributed by atoms with Crippen molar-refractivity contribution >= 4 is 5.91 Å². The molecule has 1 aromatic carbocycles. The van der Waals surface area contributed by atoms with Gasteiger partial charge in [-0.2, -0.15) is 0 Å². The van der Waals surface area contributed by atoms with Crippen LogP contribution in [0, 0.1) is 5.92 Å². The number of nitrogens with one attached hydrogen (secondary N) is 1. The maximum absolute atomic E-state index is 12.1. The number of benzene rings is 1. The largest absolute Gasteiger partial charge is 0.504 e. The molecule has 0 bridgehead atoms. The maximum atomic E-state index is 12.1. The minimum Gasteiger partial charge on any atom is -0.504 e. The van der Waals surface area contributed by atoms with Crippen LogP contribution in [-0.4, -0.2) is 43.2 Å². The van der Waals surface area contributed by atoms with Crippen molar-refractivity contribution in [2.45, 2.75) is 25.8 Å². The van der Waals surface area contributed by atoms with Gasteiger partial charge in [-0.1, -0.05) is 6.07 Å². The lowest BCUT2D eigenvalue weighted by atomic mass is 10.0. The van der Waals surface area contributed by atoms with Gasteiger partial charge in [0.15, 0.2) is 11.5 Å². The summed E-state index contributed by atoms with van der Waals surface area (Å²) < 4.78 is 5.01. The highest BCUT2D eigenvalue weighted by molar-refractivity contribution is 5.75. The van der Waals surface area contributed by atoms with Crippen LogP contribution in [0.25, 0.3) is 0 Å². The number of hydrogen-bond donors (Lipinski definition) is 2. The van der Waals surface area contributed by atoms with Crippen molar-refractivity contribution in [3.05, 3.63) is 23.8 Å². The van der Waals surface area contributed by atoms with Gasteiger partial charge in [0.25, 0.3) is 0 Å². The van der Waals surface area contributed by atoms with E-state index in [1.807, 2.05) is 6.07 Å². The van der Waals surface area contributed by atoms with Gasteiger partial charge in [-0.05, 0) is 49.5 Å². The van der Waals surface area contributed by atoms with Gasteiger partial charge in [-0.15, -0.1) is 0 Å². The monoisotopic (exact) mass is 292 g/mol. The third kappa shape index (κ3) is 4.36. The quantitative estimate of drug-likeness (QED) is 0.838. The zero-order valence-corrected chi connectivity index (χ0v) is 12.8. The van der Waals surface area contributed by atoms with Crippen molar-refractivity contribution < 1.29 is 14.6 Å². The first-order valence-electron chi connectivity index (χ1n) is 7.40. The lowest BCUT2D eigenvalue weighted by Gasteiger charge is -2.18. The van der Waals surface area contributed by atoms with Crippen LogP contribution < -0.4 is 10.1 Å². The highest BCUT2D eigenvalue weighted by Crippen LogP contribution is 2.26. The number of nitrogens with zero attached hydrogens (tertiary/aromatic N) is 1. The Bertz CT molecular complexity index is 484. The fourth-order valence-corrected chi connectivity index (χ4v) is 2.68. The molecule has 1 aromatic rings. The second kappa shape index (κ2) is 7.31. The normalized spacial score (nSPS) is 17.7. The van der Waals surface area contributed by atoms with Gasteiger partial charge in [0.05, 0.1) is 7.11 Å². The van der Waals surface area contributed by atoms with E-state index >= 15 is 0 Å². The van der Waals surface area contributed by atoms with Crippen LogP contribution in [0.4, 0.5) is 0 Å². The zero-order chi connectivity index (χ0) is 15.2. The van der Waals surface area contributed by atoms with Crippen molar-refractivity contribution in [3.63, 3.8) is 0 Å². The van der Waals surface area contributed by atoms with Gasteiger partial charge in [0, 0.05) is 20.0 Å². The van der Waals surface area contributed by atoms with Gasteiger partial charge in [-0.25, -0.2) is 0 Å². The van der Waals surface area contributed by atoms with E-state index in [1.54, 1.807) is 24.1 Å². The number of aromatic hydroxyl groups is 1. The average Bonchev–Trinajstić information content (AvgIpc) is 2.98. The third-order valence-corrected chi connectivity index (χ3v) is 4.02. The number of carbonyl (C=O) groups excluding carboxylic acids is 1. The van der Waals surface area contributed by atoms with Crippen LogP contribution in [0.1, 0.15) is 24.8 Å². The molecule has 5 nitrogen and oxygen atoms in total. The lowest BCUT2D eigenvalue weighted by molar-refractivity contribution is -0.130. The van der Waals surface area contributed by atoms with Crippen LogP contribution >= 0.6 is 0 Å². The van der Waals surface area contributed by atoms with E-state index in [1.165, 1.54) is 13.5 Å². The topological polar surface area (TPSA) is 61.8 Å². The Morgan fingerprint density at radius 3 is 2.95 bits per heavy atom. The summed E-state index contributed by atoms with van der Waals surface area (Å²) in [6, 6.07) is 5.22. The van der Waals surface area contributed by atoms with Crippen LogP contribution in [0.5, 0.6) is 11.5 Å². The number of carbonyl (C=O) groups is 1. The van der Waals surface area contributed by atoms with E-state index in [-0.39, 0.29) is 11.7 Å². The SMILES string of the molecule is COc1ccc(CN(C)C(=O)CCC2CCNC2)cc1O. The fourth-order valence-electron chi connectivity index (χ4n) is 2.68. The Hall–Kier alpha value is -1.75. The van der Waals surface area contributed by atoms with Crippen LogP contribution in [0.3, 0.4) is 0 Å². The number of rotatable bonds is 6. The van der Waals surface area contributed by atoms with Crippen molar-refractivity contribution in [1.82, 2.24) is 10.2 Å². The summed E-state index contributed by atoms with van der Waals surface area (Å²) in [6.45, 7) is 2.60. The van der Waals surface area contributed by atoms with Crippen LogP contribution in [0.15, 0.2) is 18.2 Å². The predicted molar refractivity (Wildman–Crippen MR) is 81.3 cm³/mol. The Kier molecular flexibility index (Phi) is 5.44. The Labute approximate surface area is 125 Å². The summed E-state index contributed by atoms with van der Waals surface area (Å²) in [6.07, 6.45) is 2.71. The molecule has 1 unspecified atom stereocenters. The second-order valence-corrected chi connectivity index (χ2v) is 5.65. The predicted octanol–water partition coefficient (Wildman–Crippen LogP) is 1.75. The van der Waals surface area contributed by atoms with Crippen molar-refractivity contribution in [3.8, 4) is 11.5 Å². The highest BCUT2D eigenvalue weighted by atomic mass is 16.5. The van der Waals surface area contributed by atoms with E-state index < -0.39 is 0 Å². The molecule has 21 heavy (non-hydrogen) atoms. The summed E-state index contributed by atoms with van der Waals surface area (Å²) in [5.41, 5.74) is 0.895. The molecule has 116 valence electrons. The van der Waals surface area contributed by atoms with Gasteiger partial charge in [0.1, 0.15) is 0 Å². The molecule has 0 aliphatic carbocycles. The standard InChI is InChI=1S/C16H24N2O3/c1-18(16(20)6-4-12-7-8-17-10-12)11-13-3-5-15(21-2)14(19)9-13/h3,5,9,12,17,19H,4,6-8,10-11H2,1-2H3. The van der Waals surface area contributed by atoms with E-state index in [9.17, 15) is 9.90 Å². The van der Waals surface area contributed by atoms with Gasteiger partial charge in [0.2, 0.25) is 5.91 Å². The first kappa shape index (κ1) is 15.6. The third-order valence-electron chi connectivity index (χ3n) is 4.02. The number of ether oxygens (including phenoxy) is 1. The first-order chi connectivity index (χ1) is 10.1. The molecule has 1 heterocycles. The molecule has 5 heteroatoms. The molecule has 0 aromatic heterocycles. The molecule has 2 rings (SSSR count). The number of phenolic OH excluding ortho intramolecular Hbond substituents is 1. The summed E-state index contributed by atoms with van der Waals surface area (Å²) in [5.74, 6) is 1.33. The van der Waals surface area contributed by atoms with Gasteiger partial charge in [-0.3, -0.25) is 4.79 Å². The van der Waals surface area contributed by atoms with Crippen molar-refractivity contribution in [2.75, 3.05) is 27.2 Å². The van der Waals surface area contributed by atoms with Gasteiger partial charge >= 0.3 is 0 Å². The zero-order valence-electron chi connectivity index (χ0n) is 12.8. The Morgan fingerprint density at radius 1 is 1.52 bits per heavy atom. The molecule has 1 fully saturated rings. The number of hydrogen-bond acceptors (Lipinski definition) is 4. The fraction of sp³-hybridized carbons (Fsp3) is 0.562. The molecule has 1 amide bonds. The number of amides is 1. The summed E-state index contributed by atoms with van der Waals surface area (Å²) in [4.78, 5) is 13.8. The summed E-state index contributed by atoms with van der Waals surface area (Å²) in [5, 5.41) is 13.1. The molecule has 0 saturated carbocycles. The smallest absolute Gasteiger partial charge is 0.222 e. The molecule has 1 aliphatic heterocycles. The Morgan fingerprint density at radius 2 is 2.33 bits per heavy atom. The summed E-state index contributed by atoms with van der Waals surface area (Å²) in [7, 11) is 3.32. The van der Waals surface area contributed by atoms with E-state index in [0.717, 1.165) is 25.1 Å². The molecular formula is C16H24N2O3. The molecular weight excluding hydrogens is 268 g/mol. The molecule has 0 spiro atoms. The average molecular weight is 292 g/mol. The highest BCUT2D eigenvalue weighted by Gasteiger charge is 2.17. The minimum atomic E-state index is 0.105. The first-order valence-corrected chi connectivity index (χ1v) is 7.40. The Balaban J connectivity index is 1.83. The van der Waals surface area contributed by atoms with E-state index in [4.69, 9.17) is 4.74 Å². The van der Waals surface area contributed by atoms with Gasteiger partial charge < -0.3 is 20.1 Å². The summed E-state index contributed by atoms with van der Waals surface area (Å²) >= 11 is 0. The molecule has 0 radical (unpaired) electrons. The lowest BCUT2D eigenvalue weighted by Crippen LogP contribution is -2.26. The molecule has 1 saturated heterocycles.